The van der Waals surface area contributed by atoms with E-state index in [1.807, 2.05) is 27.8 Å². The molecule has 0 aliphatic heterocycles. The average Bonchev–Trinajstić information content (AvgIpc) is 2.05. The third-order valence-corrected chi connectivity index (χ3v) is 1.16. The Hall–Kier alpha value is -0.120. The summed E-state index contributed by atoms with van der Waals surface area (Å²) in [6.07, 6.45) is 1.10. The van der Waals surface area contributed by atoms with Crippen LogP contribution in [0.15, 0.2) is 0 Å². The van der Waals surface area contributed by atoms with E-state index in [0.717, 1.165) is 13.0 Å². The minimum absolute atomic E-state index is 0.155. The highest BCUT2D eigenvalue weighted by Gasteiger charge is 1.97. The predicted molar refractivity (Wildman–Crippen MR) is 47.5 cm³/mol. The first-order chi connectivity index (χ1) is 5.31. The lowest BCUT2D eigenvalue weighted by molar-refractivity contribution is -0.0445. The van der Waals surface area contributed by atoms with Gasteiger partial charge in [0.15, 0.2) is 0 Å². The molecule has 1 atom stereocenters. The zero-order chi connectivity index (χ0) is 9.11. The van der Waals surface area contributed by atoms with Crippen molar-refractivity contribution in [2.75, 3.05) is 20.4 Å². The van der Waals surface area contributed by atoms with E-state index in [9.17, 15) is 0 Å². The Morgan fingerprint density at radius 2 is 2.00 bits per heavy atom. The van der Waals surface area contributed by atoms with E-state index in [1.54, 1.807) is 0 Å². The number of hydrogen-bond acceptors (Lipinski definition) is 3. The predicted octanol–water partition coefficient (Wildman–Crippen LogP) is 0.977. The van der Waals surface area contributed by atoms with Crippen LogP contribution in [-0.4, -0.2) is 31.6 Å². The van der Waals surface area contributed by atoms with Gasteiger partial charge in [-0.15, -0.1) is 0 Å². The zero-order valence-electron chi connectivity index (χ0n) is 8.05. The van der Waals surface area contributed by atoms with Gasteiger partial charge in [0.1, 0.15) is 6.79 Å². The Kier molecular flexibility index (Phi) is 15.4. The molecule has 0 saturated carbocycles. The summed E-state index contributed by atoms with van der Waals surface area (Å²) in [5, 5.41) is 11.3. The molecular formula is C8H21NO2. The quantitative estimate of drug-likeness (QED) is 0.594. The highest BCUT2D eigenvalue weighted by atomic mass is 16.6. The summed E-state index contributed by atoms with van der Waals surface area (Å²) in [7, 11) is 1.89. The topological polar surface area (TPSA) is 41.5 Å². The minimum Gasteiger partial charge on any atom is -0.371 e. The van der Waals surface area contributed by atoms with Crippen LogP contribution < -0.4 is 5.32 Å². The molecule has 0 fully saturated rings. The van der Waals surface area contributed by atoms with Crippen LogP contribution in [0.1, 0.15) is 27.2 Å². The van der Waals surface area contributed by atoms with E-state index in [1.165, 1.54) is 0 Å². The highest BCUT2D eigenvalue weighted by molar-refractivity contribution is 4.49. The fraction of sp³-hybridized carbons (Fsp3) is 1.00. The molecule has 0 aromatic heterocycles. The Balaban J connectivity index is 0. The smallest absolute Gasteiger partial charge is 0.143 e. The summed E-state index contributed by atoms with van der Waals surface area (Å²) < 4.78 is 4.86. The van der Waals surface area contributed by atoms with Gasteiger partial charge in [0.25, 0.3) is 0 Å². The average molecular weight is 163 g/mol. The van der Waals surface area contributed by atoms with Crippen molar-refractivity contribution >= 4 is 0 Å². The van der Waals surface area contributed by atoms with Gasteiger partial charge in [-0.2, -0.15) is 0 Å². The molecule has 3 heteroatoms. The maximum absolute atomic E-state index is 8.29. The standard InChI is InChI=1S/C6H15NO2.C2H6/c1-6(9-5-8)3-4-7-2;1-2/h6-8H,3-5H2,1-2H3;1-2H3. The van der Waals surface area contributed by atoms with Gasteiger partial charge in [-0.05, 0) is 26.9 Å². The molecule has 0 aromatic rings. The second-order valence-electron chi connectivity index (χ2n) is 2.00. The number of aliphatic hydroxyl groups is 1. The molecule has 0 amide bonds. The lowest BCUT2D eigenvalue weighted by Gasteiger charge is -2.08. The Labute approximate surface area is 69.8 Å². The summed E-state index contributed by atoms with van der Waals surface area (Å²) in [6, 6.07) is 0. The van der Waals surface area contributed by atoms with Crippen LogP contribution in [0.4, 0.5) is 0 Å². The van der Waals surface area contributed by atoms with Gasteiger partial charge < -0.3 is 15.2 Å². The molecule has 70 valence electrons. The number of nitrogens with one attached hydrogen (secondary N) is 1. The van der Waals surface area contributed by atoms with Crippen LogP contribution in [0.5, 0.6) is 0 Å². The summed E-state index contributed by atoms with van der Waals surface area (Å²) in [6.45, 7) is 6.69. The van der Waals surface area contributed by atoms with Gasteiger partial charge in [0.05, 0.1) is 6.10 Å². The number of aliphatic hydroxyl groups excluding tert-OH is 1. The lowest BCUT2D eigenvalue weighted by atomic mass is 10.3. The molecule has 2 N–H and O–H groups in total. The van der Waals surface area contributed by atoms with Crippen LogP contribution in [0.2, 0.25) is 0 Å². The number of hydrogen-bond donors (Lipinski definition) is 2. The molecule has 0 radical (unpaired) electrons. The normalized spacial score (nSPS) is 11.7. The van der Waals surface area contributed by atoms with Gasteiger partial charge in [-0.25, -0.2) is 0 Å². The van der Waals surface area contributed by atoms with E-state index in [0.29, 0.717) is 0 Å². The van der Waals surface area contributed by atoms with Crippen molar-refractivity contribution in [2.24, 2.45) is 0 Å². The fourth-order valence-electron chi connectivity index (χ4n) is 0.558. The largest absolute Gasteiger partial charge is 0.371 e. The molecule has 0 spiro atoms. The van der Waals surface area contributed by atoms with Crippen LogP contribution in [0.25, 0.3) is 0 Å². The molecule has 0 aliphatic rings. The Bertz CT molecular complexity index is 60.1. The van der Waals surface area contributed by atoms with Crippen molar-refractivity contribution in [3.05, 3.63) is 0 Å². The second-order valence-corrected chi connectivity index (χ2v) is 2.00. The van der Waals surface area contributed by atoms with Gasteiger partial charge >= 0.3 is 0 Å². The molecule has 0 heterocycles. The van der Waals surface area contributed by atoms with E-state index in [4.69, 9.17) is 9.84 Å². The number of ether oxygens (including phenoxy) is 1. The third kappa shape index (κ3) is 13.0. The molecular weight excluding hydrogens is 142 g/mol. The molecule has 11 heavy (non-hydrogen) atoms. The summed E-state index contributed by atoms with van der Waals surface area (Å²) in [5.74, 6) is 0. The molecule has 0 aromatic carbocycles. The summed E-state index contributed by atoms with van der Waals surface area (Å²) in [4.78, 5) is 0. The molecule has 3 nitrogen and oxygen atoms in total. The first-order valence-electron chi connectivity index (χ1n) is 4.18. The second kappa shape index (κ2) is 12.5. The minimum atomic E-state index is -0.176. The van der Waals surface area contributed by atoms with E-state index < -0.39 is 0 Å². The molecule has 0 rings (SSSR count). The maximum Gasteiger partial charge on any atom is 0.143 e. The molecule has 0 bridgehead atoms. The van der Waals surface area contributed by atoms with Crippen molar-refractivity contribution in [1.29, 1.82) is 0 Å². The molecule has 1 unspecified atom stereocenters. The summed E-state index contributed by atoms with van der Waals surface area (Å²) in [5.41, 5.74) is 0. The van der Waals surface area contributed by atoms with E-state index >= 15 is 0 Å². The Morgan fingerprint density at radius 3 is 2.36 bits per heavy atom. The maximum atomic E-state index is 8.29. The van der Waals surface area contributed by atoms with Crippen LogP contribution >= 0.6 is 0 Å². The summed E-state index contributed by atoms with van der Waals surface area (Å²) >= 11 is 0. The molecule has 0 saturated heterocycles. The van der Waals surface area contributed by atoms with Gasteiger partial charge in [0, 0.05) is 0 Å². The Morgan fingerprint density at radius 1 is 1.45 bits per heavy atom. The third-order valence-electron chi connectivity index (χ3n) is 1.16. The van der Waals surface area contributed by atoms with E-state index in [2.05, 4.69) is 5.32 Å². The monoisotopic (exact) mass is 163 g/mol. The van der Waals surface area contributed by atoms with Crippen LogP contribution in [-0.2, 0) is 4.74 Å². The van der Waals surface area contributed by atoms with Gasteiger partial charge in [-0.1, -0.05) is 13.8 Å². The number of rotatable bonds is 5. The van der Waals surface area contributed by atoms with Crippen LogP contribution in [0.3, 0.4) is 0 Å². The van der Waals surface area contributed by atoms with Crippen molar-refractivity contribution in [3.8, 4) is 0 Å². The van der Waals surface area contributed by atoms with Crippen molar-refractivity contribution in [1.82, 2.24) is 5.32 Å². The first-order valence-corrected chi connectivity index (χ1v) is 4.18. The zero-order valence-corrected chi connectivity index (χ0v) is 8.05. The molecule has 0 aliphatic carbocycles. The first kappa shape index (κ1) is 13.5. The van der Waals surface area contributed by atoms with Gasteiger partial charge in [-0.3, -0.25) is 0 Å². The van der Waals surface area contributed by atoms with E-state index in [-0.39, 0.29) is 12.9 Å². The SMILES string of the molecule is CC.CNCCC(C)OCO. The highest BCUT2D eigenvalue weighted by Crippen LogP contribution is 1.93. The van der Waals surface area contributed by atoms with Crippen LogP contribution in [0, 0.1) is 0 Å². The lowest BCUT2D eigenvalue weighted by Crippen LogP contribution is -2.17. The van der Waals surface area contributed by atoms with Crippen molar-refractivity contribution < 1.29 is 9.84 Å². The van der Waals surface area contributed by atoms with Crippen molar-refractivity contribution in [3.63, 3.8) is 0 Å². The van der Waals surface area contributed by atoms with Crippen molar-refractivity contribution in [2.45, 2.75) is 33.3 Å². The van der Waals surface area contributed by atoms with Gasteiger partial charge in [0.2, 0.25) is 0 Å². The fourth-order valence-corrected chi connectivity index (χ4v) is 0.558.